The molecule has 1 aliphatic rings. The molecule has 1 unspecified atom stereocenters. The van der Waals surface area contributed by atoms with Crippen LogP contribution in [0.25, 0.3) is 0 Å². The highest BCUT2D eigenvalue weighted by atomic mass is 15.4. The zero-order valence-electron chi connectivity index (χ0n) is 6.17. The minimum atomic E-state index is 0.118. The van der Waals surface area contributed by atoms with Crippen LogP contribution in [0.3, 0.4) is 0 Å². The Hall–Kier alpha value is -1.06. The first kappa shape index (κ1) is 6.64. The molecule has 0 saturated heterocycles. The maximum atomic E-state index is 5.84. The topological polar surface area (TPSA) is 50.1 Å². The van der Waals surface area contributed by atoms with Crippen LogP contribution in [-0.4, -0.2) is 6.54 Å². The quantitative estimate of drug-likeness (QED) is 0.506. The van der Waals surface area contributed by atoms with E-state index in [4.69, 9.17) is 5.73 Å². The molecule has 3 nitrogen and oxygen atoms in total. The average Bonchev–Trinajstić information content (AvgIpc) is 2.06. The number of anilines is 1. The number of hydrazine groups is 1. The number of hydrogen-bond donors (Lipinski definition) is 3. The predicted molar refractivity (Wildman–Crippen MR) is 45.0 cm³/mol. The monoisotopic (exact) mass is 149 g/mol. The van der Waals surface area contributed by atoms with Crippen molar-refractivity contribution in [3.8, 4) is 0 Å². The second-order valence-electron chi connectivity index (χ2n) is 2.70. The van der Waals surface area contributed by atoms with Crippen LogP contribution < -0.4 is 16.6 Å². The molecule has 0 aliphatic carbocycles. The molecular weight excluding hydrogens is 138 g/mol. The first-order valence-corrected chi connectivity index (χ1v) is 3.71. The lowest BCUT2D eigenvalue weighted by Gasteiger charge is -2.24. The molecule has 0 saturated carbocycles. The molecule has 1 atom stereocenters. The number of nitrogens with two attached hydrogens (primary N) is 1. The first-order valence-electron chi connectivity index (χ1n) is 3.71. The SMILES string of the molecule is NC1CNNc2ccccc21. The van der Waals surface area contributed by atoms with Crippen LogP contribution >= 0.6 is 0 Å². The summed E-state index contributed by atoms with van der Waals surface area (Å²) in [6, 6.07) is 8.18. The van der Waals surface area contributed by atoms with Crippen molar-refractivity contribution in [2.45, 2.75) is 6.04 Å². The van der Waals surface area contributed by atoms with E-state index in [2.05, 4.69) is 10.9 Å². The van der Waals surface area contributed by atoms with Gasteiger partial charge in [0.05, 0.1) is 5.69 Å². The van der Waals surface area contributed by atoms with Gasteiger partial charge in [-0.15, -0.1) is 0 Å². The number of para-hydroxylation sites is 1. The van der Waals surface area contributed by atoms with E-state index < -0.39 is 0 Å². The van der Waals surface area contributed by atoms with Gasteiger partial charge in [-0.3, -0.25) is 0 Å². The fourth-order valence-electron chi connectivity index (χ4n) is 1.30. The molecule has 0 aromatic heterocycles. The second kappa shape index (κ2) is 2.53. The van der Waals surface area contributed by atoms with E-state index in [0.29, 0.717) is 0 Å². The fourth-order valence-corrected chi connectivity index (χ4v) is 1.30. The van der Waals surface area contributed by atoms with Crippen molar-refractivity contribution in [1.29, 1.82) is 0 Å². The molecule has 0 spiro atoms. The van der Waals surface area contributed by atoms with Gasteiger partial charge in [-0.05, 0) is 11.6 Å². The summed E-state index contributed by atoms with van der Waals surface area (Å²) in [5, 5.41) is 0. The lowest BCUT2D eigenvalue weighted by atomic mass is 10.0. The van der Waals surface area contributed by atoms with Gasteiger partial charge in [-0.2, -0.15) is 0 Å². The largest absolute Gasteiger partial charge is 0.323 e. The normalized spacial score (nSPS) is 22.1. The number of nitrogens with one attached hydrogen (secondary N) is 2. The van der Waals surface area contributed by atoms with Crippen LogP contribution in [0, 0.1) is 0 Å². The highest BCUT2D eigenvalue weighted by molar-refractivity contribution is 5.53. The molecule has 0 fully saturated rings. The highest BCUT2D eigenvalue weighted by Gasteiger charge is 2.13. The zero-order valence-corrected chi connectivity index (χ0v) is 6.17. The summed E-state index contributed by atoms with van der Waals surface area (Å²) >= 11 is 0. The lowest BCUT2D eigenvalue weighted by molar-refractivity contribution is 0.622. The van der Waals surface area contributed by atoms with Crippen LogP contribution in [-0.2, 0) is 0 Å². The molecule has 0 bridgehead atoms. The van der Waals surface area contributed by atoms with Gasteiger partial charge in [0.15, 0.2) is 0 Å². The molecular formula is C8H11N3. The van der Waals surface area contributed by atoms with Crippen molar-refractivity contribution in [3.05, 3.63) is 29.8 Å². The zero-order chi connectivity index (χ0) is 7.68. The Bertz CT molecular complexity index is 259. The van der Waals surface area contributed by atoms with Gasteiger partial charge in [0.2, 0.25) is 0 Å². The minimum absolute atomic E-state index is 0.118. The number of hydrogen-bond acceptors (Lipinski definition) is 3. The summed E-state index contributed by atoms with van der Waals surface area (Å²) in [6.45, 7) is 0.789. The summed E-state index contributed by atoms with van der Waals surface area (Å²) in [5.41, 5.74) is 14.2. The van der Waals surface area contributed by atoms with Crippen LogP contribution in [0.1, 0.15) is 11.6 Å². The molecule has 1 aliphatic heterocycles. The summed E-state index contributed by atoms with van der Waals surface area (Å²) in [5.74, 6) is 0. The van der Waals surface area contributed by atoms with Crippen molar-refractivity contribution < 1.29 is 0 Å². The third-order valence-electron chi connectivity index (χ3n) is 1.91. The molecule has 0 amide bonds. The Morgan fingerprint density at radius 2 is 2.18 bits per heavy atom. The summed E-state index contributed by atoms with van der Waals surface area (Å²) in [7, 11) is 0. The summed E-state index contributed by atoms with van der Waals surface area (Å²) < 4.78 is 0. The van der Waals surface area contributed by atoms with Crippen molar-refractivity contribution in [3.63, 3.8) is 0 Å². The number of fused-ring (bicyclic) bond motifs is 1. The van der Waals surface area contributed by atoms with Crippen LogP contribution in [0.4, 0.5) is 5.69 Å². The molecule has 2 rings (SSSR count). The van der Waals surface area contributed by atoms with Crippen molar-refractivity contribution >= 4 is 5.69 Å². The van der Waals surface area contributed by atoms with E-state index in [1.165, 1.54) is 5.56 Å². The average molecular weight is 149 g/mol. The van der Waals surface area contributed by atoms with Gasteiger partial charge >= 0.3 is 0 Å². The Morgan fingerprint density at radius 1 is 1.36 bits per heavy atom. The van der Waals surface area contributed by atoms with Crippen LogP contribution in [0.15, 0.2) is 24.3 Å². The first-order chi connectivity index (χ1) is 5.38. The molecule has 3 heteroatoms. The molecule has 1 heterocycles. The van der Waals surface area contributed by atoms with Gasteiger partial charge in [0, 0.05) is 12.6 Å². The van der Waals surface area contributed by atoms with E-state index in [-0.39, 0.29) is 6.04 Å². The molecule has 0 radical (unpaired) electrons. The van der Waals surface area contributed by atoms with E-state index in [9.17, 15) is 0 Å². The molecule has 1 aromatic rings. The smallest absolute Gasteiger partial charge is 0.0535 e. The molecule has 58 valence electrons. The van der Waals surface area contributed by atoms with Crippen LogP contribution in [0.5, 0.6) is 0 Å². The third-order valence-corrected chi connectivity index (χ3v) is 1.91. The van der Waals surface area contributed by atoms with Gasteiger partial charge in [0.1, 0.15) is 0 Å². The maximum Gasteiger partial charge on any atom is 0.0535 e. The Morgan fingerprint density at radius 3 is 3.00 bits per heavy atom. The number of rotatable bonds is 0. The van der Waals surface area contributed by atoms with E-state index in [1.807, 2.05) is 24.3 Å². The Kier molecular flexibility index (Phi) is 1.52. The van der Waals surface area contributed by atoms with E-state index >= 15 is 0 Å². The molecule has 11 heavy (non-hydrogen) atoms. The van der Waals surface area contributed by atoms with Crippen molar-refractivity contribution in [1.82, 2.24) is 5.43 Å². The molecule has 1 aromatic carbocycles. The van der Waals surface area contributed by atoms with Crippen molar-refractivity contribution in [2.75, 3.05) is 12.0 Å². The lowest BCUT2D eigenvalue weighted by Crippen LogP contribution is -2.36. The fraction of sp³-hybridized carbons (Fsp3) is 0.250. The second-order valence-corrected chi connectivity index (χ2v) is 2.70. The highest BCUT2D eigenvalue weighted by Crippen LogP contribution is 2.22. The standard InChI is InChI=1S/C8H11N3/c9-7-5-10-11-8-4-2-1-3-6(7)8/h1-4,7,10-11H,5,9H2. The van der Waals surface area contributed by atoms with Crippen molar-refractivity contribution in [2.24, 2.45) is 5.73 Å². The van der Waals surface area contributed by atoms with Gasteiger partial charge in [-0.1, -0.05) is 18.2 Å². The van der Waals surface area contributed by atoms with Crippen LogP contribution in [0.2, 0.25) is 0 Å². The number of benzene rings is 1. The van der Waals surface area contributed by atoms with Gasteiger partial charge < -0.3 is 11.2 Å². The maximum absolute atomic E-state index is 5.84. The predicted octanol–water partition coefficient (Wildman–Crippen LogP) is 0.616. The van der Waals surface area contributed by atoms with E-state index in [1.54, 1.807) is 0 Å². The van der Waals surface area contributed by atoms with E-state index in [0.717, 1.165) is 12.2 Å². The Balaban J connectivity index is 2.44. The Labute approximate surface area is 65.6 Å². The van der Waals surface area contributed by atoms with Gasteiger partial charge in [-0.25, -0.2) is 5.43 Å². The molecule has 4 N–H and O–H groups in total. The minimum Gasteiger partial charge on any atom is -0.323 e. The van der Waals surface area contributed by atoms with Gasteiger partial charge in [0.25, 0.3) is 0 Å². The summed E-state index contributed by atoms with van der Waals surface area (Å²) in [4.78, 5) is 0. The third kappa shape index (κ3) is 1.08. The summed E-state index contributed by atoms with van der Waals surface area (Å²) in [6.07, 6.45) is 0.